The van der Waals surface area contributed by atoms with Crippen LogP contribution in [0.25, 0.3) is 0 Å². The number of rotatable bonds is 3. The van der Waals surface area contributed by atoms with Crippen molar-refractivity contribution in [2.45, 2.75) is 12.5 Å². The number of benzene rings is 2. The summed E-state index contributed by atoms with van der Waals surface area (Å²) in [6.45, 7) is 0.157. The quantitative estimate of drug-likeness (QED) is 0.938. The molecule has 1 aliphatic rings. The maximum Gasteiger partial charge on any atom is 0.231 e. The van der Waals surface area contributed by atoms with E-state index < -0.39 is 17.7 Å². The van der Waals surface area contributed by atoms with Crippen molar-refractivity contribution in [1.82, 2.24) is 0 Å². The summed E-state index contributed by atoms with van der Waals surface area (Å²) in [4.78, 5) is 0. The molecule has 2 aromatic rings. The molecule has 1 aliphatic heterocycles. The molecule has 0 amide bonds. The molecular weight excluding hydrogens is 266 g/mol. The van der Waals surface area contributed by atoms with Crippen LogP contribution in [0, 0.1) is 11.6 Å². The molecule has 0 saturated carbocycles. The predicted octanol–water partition coefficient (Wildman–Crippen LogP) is 2.97. The molecule has 104 valence electrons. The smallest absolute Gasteiger partial charge is 0.231 e. The first-order chi connectivity index (χ1) is 9.61. The second kappa shape index (κ2) is 5.09. The van der Waals surface area contributed by atoms with E-state index in [1.807, 2.05) is 0 Å². The van der Waals surface area contributed by atoms with Gasteiger partial charge in [0.25, 0.3) is 0 Å². The van der Waals surface area contributed by atoms with Gasteiger partial charge >= 0.3 is 0 Å². The molecule has 0 saturated heterocycles. The molecule has 0 bridgehead atoms. The average Bonchev–Trinajstić information content (AvgIpc) is 2.84. The molecule has 0 spiro atoms. The highest BCUT2D eigenvalue weighted by molar-refractivity contribution is 5.45. The fourth-order valence-electron chi connectivity index (χ4n) is 2.19. The Bertz CT molecular complexity index is 623. The number of aliphatic hydroxyl groups is 1. The van der Waals surface area contributed by atoms with Crippen LogP contribution in [0.15, 0.2) is 36.4 Å². The van der Waals surface area contributed by atoms with Crippen LogP contribution in [-0.4, -0.2) is 11.9 Å². The molecule has 3 rings (SSSR count). The third kappa shape index (κ3) is 2.58. The highest BCUT2D eigenvalue weighted by Gasteiger charge is 2.17. The van der Waals surface area contributed by atoms with Crippen LogP contribution >= 0.6 is 0 Å². The molecule has 20 heavy (non-hydrogen) atoms. The van der Waals surface area contributed by atoms with E-state index in [2.05, 4.69) is 0 Å². The van der Waals surface area contributed by atoms with Crippen molar-refractivity contribution in [3.05, 3.63) is 59.2 Å². The minimum atomic E-state index is -0.870. The highest BCUT2D eigenvalue weighted by atomic mass is 19.1. The molecule has 0 aliphatic carbocycles. The van der Waals surface area contributed by atoms with E-state index in [0.29, 0.717) is 22.6 Å². The summed E-state index contributed by atoms with van der Waals surface area (Å²) < 4.78 is 36.6. The molecule has 0 fully saturated rings. The topological polar surface area (TPSA) is 38.7 Å². The van der Waals surface area contributed by atoms with Crippen molar-refractivity contribution in [3.63, 3.8) is 0 Å². The van der Waals surface area contributed by atoms with Gasteiger partial charge in [0.1, 0.15) is 11.6 Å². The zero-order chi connectivity index (χ0) is 14.1. The van der Waals surface area contributed by atoms with Gasteiger partial charge in [-0.05, 0) is 35.4 Å². The maximum absolute atomic E-state index is 13.1. The fraction of sp³-hybridized carbons (Fsp3) is 0.200. The lowest BCUT2D eigenvalue weighted by Gasteiger charge is -2.12. The van der Waals surface area contributed by atoms with E-state index in [1.54, 1.807) is 18.2 Å². The van der Waals surface area contributed by atoms with Crippen LogP contribution in [0.3, 0.4) is 0 Å². The van der Waals surface area contributed by atoms with E-state index in [1.165, 1.54) is 12.1 Å². The third-order valence-electron chi connectivity index (χ3n) is 3.13. The Labute approximate surface area is 114 Å². The summed E-state index contributed by atoms with van der Waals surface area (Å²) in [7, 11) is 0. The van der Waals surface area contributed by atoms with Crippen molar-refractivity contribution in [2.75, 3.05) is 6.79 Å². The largest absolute Gasteiger partial charge is 0.454 e. The van der Waals surface area contributed by atoms with Crippen molar-refractivity contribution in [2.24, 2.45) is 0 Å². The van der Waals surface area contributed by atoms with Gasteiger partial charge < -0.3 is 14.6 Å². The molecule has 2 aromatic carbocycles. The van der Waals surface area contributed by atoms with Gasteiger partial charge in [-0.2, -0.15) is 0 Å². The number of ether oxygens (including phenoxy) is 2. The lowest BCUT2D eigenvalue weighted by atomic mass is 10.0. The lowest BCUT2D eigenvalue weighted by molar-refractivity contribution is 0.171. The maximum atomic E-state index is 13.1. The SMILES string of the molecule is OC(Cc1cc(F)cc(F)c1)c1ccc2c(c1)OCO2. The van der Waals surface area contributed by atoms with E-state index in [9.17, 15) is 13.9 Å². The minimum Gasteiger partial charge on any atom is -0.454 e. The van der Waals surface area contributed by atoms with Crippen LogP contribution in [0.5, 0.6) is 11.5 Å². The van der Waals surface area contributed by atoms with Crippen molar-refractivity contribution in [3.8, 4) is 11.5 Å². The van der Waals surface area contributed by atoms with E-state index >= 15 is 0 Å². The van der Waals surface area contributed by atoms with Crippen LogP contribution < -0.4 is 9.47 Å². The zero-order valence-corrected chi connectivity index (χ0v) is 10.5. The number of hydrogen-bond acceptors (Lipinski definition) is 3. The van der Waals surface area contributed by atoms with E-state index in [4.69, 9.17) is 9.47 Å². The van der Waals surface area contributed by atoms with Gasteiger partial charge in [0.2, 0.25) is 6.79 Å². The zero-order valence-electron chi connectivity index (χ0n) is 10.5. The number of halogens is 2. The first kappa shape index (κ1) is 12.9. The molecule has 0 aromatic heterocycles. The molecule has 1 atom stereocenters. The standard InChI is InChI=1S/C15H12F2O3/c16-11-3-9(4-12(17)7-11)5-13(18)10-1-2-14-15(6-10)20-8-19-14/h1-4,6-7,13,18H,5,8H2. The molecule has 5 heteroatoms. The Kier molecular flexibility index (Phi) is 3.28. The minimum absolute atomic E-state index is 0.119. The number of hydrogen-bond donors (Lipinski definition) is 1. The van der Waals surface area contributed by atoms with Gasteiger partial charge in [-0.15, -0.1) is 0 Å². The number of fused-ring (bicyclic) bond motifs is 1. The Balaban J connectivity index is 1.80. The van der Waals surface area contributed by atoms with Crippen LogP contribution in [-0.2, 0) is 6.42 Å². The van der Waals surface area contributed by atoms with Gasteiger partial charge in [0.05, 0.1) is 6.10 Å². The van der Waals surface area contributed by atoms with Crippen molar-refractivity contribution < 1.29 is 23.4 Å². The van der Waals surface area contributed by atoms with Crippen molar-refractivity contribution >= 4 is 0 Å². The second-order valence-electron chi connectivity index (χ2n) is 4.61. The summed E-state index contributed by atoms with van der Waals surface area (Å²) in [5, 5.41) is 10.1. The summed E-state index contributed by atoms with van der Waals surface area (Å²) >= 11 is 0. The van der Waals surface area contributed by atoms with Crippen molar-refractivity contribution in [1.29, 1.82) is 0 Å². The highest BCUT2D eigenvalue weighted by Crippen LogP contribution is 2.34. The normalized spacial score (nSPS) is 14.3. The lowest BCUT2D eigenvalue weighted by Crippen LogP contribution is -2.02. The average molecular weight is 278 g/mol. The third-order valence-corrected chi connectivity index (χ3v) is 3.13. The molecule has 3 nitrogen and oxygen atoms in total. The van der Waals surface area contributed by atoms with Gasteiger partial charge in [-0.25, -0.2) is 8.78 Å². The predicted molar refractivity (Wildman–Crippen MR) is 67.6 cm³/mol. The Morgan fingerprint density at radius 2 is 1.70 bits per heavy atom. The number of aliphatic hydroxyl groups excluding tert-OH is 1. The van der Waals surface area contributed by atoms with E-state index in [0.717, 1.165) is 6.07 Å². The molecule has 0 radical (unpaired) electrons. The first-order valence-electron chi connectivity index (χ1n) is 6.14. The Morgan fingerprint density at radius 1 is 1.00 bits per heavy atom. The van der Waals surface area contributed by atoms with Gasteiger partial charge in [-0.1, -0.05) is 6.07 Å². The summed E-state index contributed by atoms with van der Waals surface area (Å²) in [5.74, 6) is -0.125. The summed E-state index contributed by atoms with van der Waals surface area (Å²) in [6, 6.07) is 8.29. The van der Waals surface area contributed by atoms with Gasteiger partial charge in [0.15, 0.2) is 11.5 Å². The summed E-state index contributed by atoms with van der Waals surface area (Å²) in [5.41, 5.74) is 1.01. The van der Waals surface area contributed by atoms with Crippen LogP contribution in [0.4, 0.5) is 8.78 Å². The van der Waals surface area contributed by atoms with E-state index in [-0.39, 0.29) is 13.2 Å². The van der Waals surface area contributed by atoms with Crippen LogP contribution in [0.2, 0.25) is 0 Å². The van der Waals surface area contributed by atoms with Crippen LogP contribution in [0.1, 0.15) is 17.2 Å². The van der Waals surface area contributed by atoms with Gasteiger partial charge in [-0.3, -0.25) is 0 Å². The Hall–Kier alpha value is -2.14. The summed E-state index contributed by atoms with van der Waals surface area (Å²) in [6.07, 6.45) is -0.750. The molecule has 1 heterocycles. The second-order valence-corrected chi connectivity index (χ2v) is 4.61. The monoisotopic (exact) mass is 278 g/mol. The first-order valence-corrected chi connectivity index (χ1v) is 6.14. The molecule has 1 unspecified atom stereocenters. The fourth-order valence-corrected chi connectivity index (χ4v) is 2.19. The Morgan fingerprint density at radius 3 is 2.45 bits per heavy atom. The van der Waals surface area contributed by atoms with Gasteiger partial charge in [0, 0.05) is 12.5 Å². The molecule has 1 N–H and O–H groups in total. The molecular formula is C15H12F2O3.